The van der Waals surface area contributed by atoms with Gasteiger partial charge in [0, 0.05) is 13.2 Å². The first-order valence-corrected chi connectivity index (χ1v) is 6.29. The monoisotopic (exact) mass is 209 g/mol. The molecule has 1 unspecified atom stereocenters. The third kappa shape index (κ3) is 6.98. The highest BCUT2D eigenvalue weighted by atomic mass is 32.2. The van der Waals surface area contributed by atoms with Crippen LogP contribution in [0.5, 0.6) is 0 Å². The molecular formula is C8H19NO3S. The van der Waals surface area contributed by atoms with Gasteiger partial charge in [-0.15, -0.1) is 0 Å². The molecule has 1 atom stereocenters. The fourth-order valence-electron chi connectivity index (χ4n) is 1.04. The highest BCUT2D eigenvalue weighted by molar-refractivity contribution is 7.91. The summed E-state index contributed by atoms with van der Waals surface area (Å²) < 4.78 is 27.4. The molecule has 0 radical (unpaired) electrons. The van der Waals surface area contributed by atoms with Crippen molar-refractivity contribution in [3.8, 4) is 0 Å². The van der Waals surface area contributed by atoms with E-state index in [4.69, 9.17) is 10.5 Å². The molecule has 80 valence electrons. The molecule has 0 aromatic rings. The lowest BCUT2D eigenvalue weighted by Crippen LogP contribution is -2.34. The van der Waals surface area contributed by atoms with E-state index in [1.807, 2.05) is 6.92 Å². The van der Waals surface area contributed by atoms with Gasteiger partial charge >= 0.3 is 0 Å². The predicted molar refractivity (Wildman–Crippen MR) is 53.4 cm³/mol. The number of rotatable bonds is 7. The van der Waals surface area contributed by atoms with Gasteiger partial charge < -0.3 is 10.5 Å². The Bertz CT molecular complexity index is 213. The van der Waals surface area contributed by atoms with E-state index < -0.39 is 15.9 Å². The minimum absolute atomic E-state index is 0.0286. The van der Waals surface area contributed by atoms with E-state index in [2.05, 4.69) is 0 Å². The summed E-state index contributed by atoms with van der Waals surface area (Å²) in [6.07, 6.45) is 1.60. The van der Waals surface area contributed by atoms with E-state index in [1.54, 1.807) is 0 Å². The van der Waals surface area contributed by atoms with Crippen molar-refractivity contribution in [3.05, 3.63) is 0 Å². The van der Waals surface area contributed by atoms with Crippen LogP contribution in [0.15, 0.2) is 0 Å². The quantitative estimate of drug-likeness (QED) is 0.649. The molecule has 2 N–H and O–H groups in total. The fraction of sp³-hybridized carbons (Fsp3) is 1.00. The van der Waals surface area contributed by atoms with Crippen LogP contribution >= 0.6 is 0 Å². The molecule has 0 aliphatic carbocycles. The summed E-state index contributed by atoms with van der Waals surface area (Å²) in [5.74, 6) is 0.266. The van der Waals surface area contributed by atoms with Crippen molar-refractivity contribution in [1.82, 2.24) is 0 Å². The SMILES string of the molecule is CCCCS(=O)(=O)CC(N)COC. The lowest BCUT2D eigenvalue weighted by molar-refractivity contribution is 0.186. The second-order valence-electron chi connectivity index (χ2n) is 3.18. The Morgan fingerprint density at radius 3 is 2.54 bits per heavy atom. The molecular weight excluding hydrogens is 190 g/mol. The maximum atomic E-state index is 11.3. The van der Waals surface area contributed by atoms with E-state index in [-0.39, 0.29) is 11.5 Å². The first-order valence-electron chi connectivity index (χ1n) is 4.46. The number of sulfone groups is 1. The molecule has 0 heterocycles. The van der Waals surface area contributed by atoms with Crippen LogP contribution in [-0.2, 0) is 14.6 Å². The molecule has 0 saturated carbocycles. The Balaban J connectivity index is 3.87. The van der Waals surface area contributed by atoms with Gasteiger partial charge in [0.1, 0.15) is 0 Å². The van der Waals surface area contributed by atoms with Gasteiger partial charge in [0.05, 0.1) is 18.1 Å². The van der Waals surface area contributed by atoms with Crippen LogP contribution in [0.25, 0.3) is 0 Å². The Hall–Kier alpha value is -0.130. The maximum Gasteiger partial charge on any atom is 0.151 e. The summed E-state index contributed by atoms with van der Waals surface area (Å²) in [7, 11) is -1.46. The first-order chi connectivity index (χ1) is 6.02. The zero-order chi connectivity index (χ0) is 10.3. The van der Waals surface area contributed by atoms with E-state index in [0.29, 0.717) is 13.0 Å². The van der Waals surface area contributed by atoms with Crippen molar-refractivity contribution in [2.45, 2.75) is 25.8 Å². The fourth-order valence-corrected chi connectivity index (χ4v) is 2.68. The van der Waals surface area contributed by atoms with E-state index in [0.717, 1.165) is 6.42 Å². The van der Waals surface area contributed by atoms with E-state index in [9.17, 15) is 8.42 Å². The first kappa shape index (κ1) is 12.9. The highest BCUT2D eigenvalue weighted by Crippen LogP contribution is 1.99. The molecule has 5 heteroatoms. The normalized spacial score (nSPS) is 14.4. The van der Waals surface area contributed by atoms with Gasteiger partial charge in [-0.3, -0.25) is 0 Å². The van der Waals surface area contributed by atoms with Gasteiger partial charge in [0.2, 0.25) is 0 Å². The Morgan fingerprint density at radius 1 is 1.46 bits per heavy atom. The Morgan fingerprint density at radius 2 is 2.08 bits per heavy atom. The van der Waals surface area contributed by atoms with E-state index in [1.165, 1.54) is 7.11 Å². The molecule has 13 heavy (non-hydrogen) atoms. The zero-order valence-electron chi connectivity index (χ0n) is 8.32. The van der Waals surface area contributed by atoms with Crippen molar-refractivity contribution in [3.63, 3.8) is 0 Å². The highest BCUT2D eigenvalue weighted by Gasteiger charge is 2.15. The minimum atomic E-state index is -2.97. The van der Waals surface area contributed by atoms with E-state index >= 15 is 0 Å². The zero-order valence-corrected chi connectivity index (χ0v) is 9.14. The molecule has 0 bridgehead atoms. The van der Waals surface area contributed by atoms with Crippen molar-refractivity contribution in [1.29, 1.82) is 0 Å². The molecule has 4 nitrogen and oxygen atoms in total. The summed E-state index contributed by atoms with van der Waals surface area (Å²) in [6, 6.07) is -0.396. The van der Waals surface area contributed by atoms with Crippen molar-refractivity contribution >= 4 is 9.84 Å². The lowest BCUT2D eigenvalue weighted by Gasteiger charge is -2.10. The number of methoxy groups -OCH3 is 1. The van der Waals surface area contributed by atoms with Gasteiger partial charge in [-0.25, -0.2) is 8.42 Å². The van der Waals surface area contributed by atoms with Crippen LogP contribution in [0.4, 0.5) is 0 Å². The number of hydrogen-bond donors (Lipinski definition) is 1. The number of hydrogen-bond acceptors (Lipinski definition) is 4. The predicted octanol–water partition coefficient (Wildman–Crippen LogP) is 0.175. The molecule has 0 aliphatic rings. The van der Waals surface area contributed by atoms with Crippen molar-refractivity contribution < 1.29 is 13.2 Å². The van der Waals surface area contributed by atoms with Crippen molar-refractivity contribution in [2.75, 3.05) is 25.2 Å². The van der Waals surface area contributed by atoms with Gasteiger partial charge in [-0.05, 0) is 6.42 Å². The molecule has 0 spiro atoms. The van der Waals surface area contributed by atoms with Crippen LogP contribution in [0, 0.1) is 0 Å². The van der Waals surface area contributed by atoms with Crippen LogP contribution in [-0.4, -0.2) is 39.7 Å². The number of unbranched alkanes of at least 4 members (excludes halogenated alkanes) is 1. The average molecular weight is 209 g/mol. The number of nitrogens with two attached hydrogens (primary N) is 1. The van der Waals surface area contributed by atoms with Crippen molar-refractivity contribution in [2.24, 2.45) is 5.73 Å². The van der Waals surface area contributed by atoms with Crippen LogP contribution in [0.2, 0.25) is 0 Å². The summed E-state index contributed by atoms with van der Waals surface area (Å²) in [4.78, 5) is 0. The topological polar surface area (TPSA) is 69.4 Å². The summed E-state index contributed by atoms with van der Waals surface area (Å²) in [6.45, 7) is 2.26. The molecule has 0 amide bonds. The Labute approximate surface area is 80.4 Å². The Kier molecular flexibility index (Phi) is 6.28. The molecule has 0 saturated heterocycles. The van der Waals surface area contributed by atoms with Crippen LogP contribution in [0.1, 0.15) is 19.8 Å². The molecule has 0 fully saturated rings. The smallest absolute Gasteiger partial charge is 0.151 e. The second kappa shape index (κ2) is 6.34. The largest absolute Gasteiger partial charge is 0.383 e. The average Bonchev–Trinajstić information content (AvgIpc) is 2.00. The third-order valence-electron chi connectivity index (χ3n) is 1.66. The molecule has 0 rings (SSSR count). The van der Waals surface area contributed by atoms with Gasteiger partial charge in [0.15, 0.2) is 9.84 Å². The maximum absolute atomic E-state index is 11.3. The number of ether oxygens (including phenoxy) is 1. The minimum Gasteiger partial charge on any atom is -0.383 e. The summed E-state index contributed by atoms with van der Waals surface area (Å²) >= 11 is 0. The molecule has 0 aromatic heterocycles. The van der Waals surface area contributed by atoms with Gasteiger partial charge in [-0.1, -0.05) is 13.3 Å². The standard InChI is InChI=1S/C8H19NO3S/c1-3-4-5-13(10,11)7-8(9)6-12-2/h8H,3-7,9H2,1-2H3. The second-order valence-corrected chi connectivity index (χ2v) is 5.41. The molecule has 0 aromatic carbocycles. The van der Waals surface area contributed by atoms with Gasteiger partial charge in [0.25, 0.3) is 0 Å². The van der Waals surface area contributed by atoms with Gasteiger partial charge in [-0.2, -0.15) is 0 Å². The summed E-state index contributed by atoms with van der Waals surface area (Å²) in [5, 5.41) is 0. The lowest BCUT2D eigenvalue weighted by atomic mass is 10.4. The summed E-state index contributed by atoms with van der Waals surface area (Å²) in [5.41, 5.74) is 5.54. The molecule has 0 aliphatic heterocycles. The third-order valence-corrected chi connectivity index (χ3v) is 3.50. The van der Waals surface area contributed by atoms with Crippen LogP contribution in [0.3, 0.4) is 0 Å². The van der Waals surface area contributed by atoms with Crippen LogP contribution < -0.4 is 5.73 Å².